The molecule has 2 rings (SSSR count). The average Bonchev–Trinajstić information content (AvgIpc) is 2.59. The molecule has 1 N–H and O–H groups in total. The Balaban J connectivity index is 2.03. The summed E-state index contributed by atoms with van der Waals surface area (Å²) in [6.07, 6.45) is 5.74. The summed E-state index contributed by atoms with van der Waals surface area (Å²) in [5.74, 6) is 0. The molecule has 1 aliphatic heterocycles. The van der Waals surface area contributed by atoms with Crippen LogP contribution in [0.1, 0.15) is 39.5 Å². The lowest BCUT2D eigenvalue weighted by Gasteiger charge is -2.27. The number of hydrogen-bond acceptors (Lipinski definition) is 1. The molecule has 11 heavy (non-hydrogen) atoms. The Bertz CT molecular complexity index is 153. The minimum Gasteiger partial charge on any atom is -0.317 e. The molecule has 1 atom stereocenters. The molecule has 2 fully saturated rings. The predicted octanol–water partition coefficient (Wildman–Crippen LogP) is 2.18. The van der Waals surface area contributed by atoms with Gasteiger partial charge in [0.2, 0.25) is 0 Å². The summed E-state index contributed by atoms with van der Waals surface area (Å²) in [5.41, 5.74) is 1.49. The van der Waals surface area contributed by atoms with Crippen LogP contribution in [0.4, 0.5) is 0 Å². The fourth-order valence-corrected chi connectivity index (χ4v) is 2.89. The molecule has 1 saturated carbocycles. The van der Waals surface area contributed by atoms with E-state index in [0.29, 0.717) is 0 Å². The maximum atomic E-state index is 3.44. The van der Waals surface area contributed by atoms with Crippen molar-refractivity contribution in [1.82, 2.24) is 5.32 Å². The first-order chi connectivity index (χ1) is 5.22. The van der Waals surface area contributed by atoms with E-state index in [1.165, 1.54) is 38.8 Å². The molecule has 0 aromatic heterocycles. The maximum Gasteiger partial charge on any atom is -0.00434 e. The maximum absolute atomic E-state index is 3.44. The quantitative estimate of drug-likeness (QED) is 0.609. The van der Waals surface area contributed by atoms with Gasteiger partial charge in [-0.15, -0.1) is 0 Å². The standard InChI is InChI=1S/C10H19N/c1-3-9(2)8-10(9)4-6-11-7-5-10/h11H,3-8H2,1-2H3. The zero-order valence-electron chi connectivity index (χ0n) is 7.74. The fraction of sp³-hybridized carbons (Fsp3) is 1.00. The highest BCUT2D eigenvalue weighted by Crippen LogP contribution is 2.69. The van der Waals surface area contributed by atoms with Gasteiger partial charge in [-0.05, 0) is 43.2 Å². The zero-order chi connectivity index (χ0) is 7.95. The highest BCUT2D eigenvalue weighted by atomic mass is 14.9. The number of hydrogen-bond donors (Lipinski definition) is 1. The van der Waals surface area contributed by atoms with Crippen LogP contribution < -0.4 is 5.32 Å². The van der Waals surface area contributed by atoms with Crippen LogP contribution in [-0.4, -0.2) is 13.1 Å². The summed E-state index contributed by atoms with van der Waals surface area (Å²) in [6, 6.07) is 0. The van der Waals surface area contributed by atoms with Crippen molar-refractivity contribution < 1.29 is 0 Å². The van der Waals surface area contributed by atoms with E-state index in [9.17, 15) is 0 Å². The molecule has 1 heterocycles. The number of rotatable bonds is 1. The molecule has 1 nitrogen and oxygen atoms in total. The fourth-order valence-electron chi connectivity index (χ4n) is 2.89. The second-order valence-electron chi connectivity index (χ2n) is 4.62. The summed E-state index contributed by atoms with van der Waals surface area (Å²) in [4.78, 5) is 0. The van der Waals surface area contributed by atoms with Gasteiger partial charge >= 0.3 is 0 Å². The van der Waals surface area contributed by atoms with Crippen LogP contribution in [0, 0.1) is 10.8 Å². The van der Waals surface area contributed by atoms with Crippen molar-refractivity contribution in [3.63, 3.8) is 0 Å². The molecule has 0 radical (unpaired) electrons. The first-order valence-corrected chi connectivity index (χ1v) is 4.93. The first kappa shape index (κ1) is 7.60. The van der Waals surface area contributed by atoms with Gasteiger partial charge in [0.1, 0.15) is 0 Å². The van der Waals surface area contributed by atoms with Gasteiger partial charge in [0.15, 0.2) is 0 Å². The van der Waals surface area contributed by atoms with Crippen LogP contribution in [0.25, 0.3) is 0 Å². The summed E-state index contributed by atoms with van der Waals surface area (Å²) in [6.45, 7) is 7.33. The average molecular weight is 153 g/mol. The molecular weight excluding hydrogens is 134 g/mol. The lowest BCUT2D eigenvalue weighted by Crippen LogP contribution is -2.31. The normalized spacial score (nSPS) is 40.9. The minimum absolute atomic E-state index is 0.717. The van der Waals surface area contributed by atoms with Gasteiger partial charge in [0.25, 0.3) is 0 Å². The highest BCUT2D eigenvalue weighted by Gasteiger charge is 2.61. The number of nitrogens with one attached hydrogen (secondary N) is 1. The highest BCUT2D eigenvalue weighted by molar-refractivity contribution is 5.12. The largest absolute Gasteiger partial charge is 0.317 e. The van der Waals surface area contributed by atoms with Gasteiger partial charge < -0.3 is 5.32 Å². The molecule has 2 aliphatic rings. The smallest absolute Gasteiger partial charge is 0.00434 e. The van der Waals surface area contributed by atoms with E-state index in [2.05, 4.69) is 19.2 Å². The second-order valence-corrected chi connectivity index (χ2v) is 4.62. The van der Waals surface area contributed by atoms with Gasteiger partial charge in [-0.2, -0.15) is 0 Å². The van der Waals surface area contributed by atoms with Crippen molar-refractivity contribution in [3.05, 3.63) is 0 Å². The summed E-state index contributed by atoms with van der Waals surface area (Å²) >= 11 is 0. The van der Waals surface area contributed by atoms with Crippen LogP contribution in [0.5, 0.6) is 0 Å². The Labute approximate surface area is 69.6 Å². The van der Waals surface area contributed by atoms with Gasteiger partial charge in [0.05, 0.1) is 0 Å². The van der Waals surface area contributed by atoms with Gasteiger partial charge in [-0.3, -0.25) is 0 Å². The lowest BCUT2D eigenvalue weighted by molar-refractivity contribution is 0.266. The molecule has 1 saturated heterocycles. The molecule has 0 aromatic rings. The third kappa shape index (κ3) is 0.936. The van der Waals surface area contributed by atoms with Gasteiger partial charge in [-0.1, -0.05) is 20.3 Å². The van der Waals surface area contributed by atoms with E-state index in [-0.39, 0.29) is 0 Å². The first-order valence-electron chi connectivity index (χ1n) is 4.93. The molecule has 1 heteroatoms. The van der Waals surface area contributed by atoms with Crippen molar-refractivity contribution >= 4 is 0 Å². The third-order valence-corrected chi connectivity index (χ3v) is 4.22. The Hall–Kier alpha value is -0.0400. The molecule has 0 amide bonds. The van der Waals surface area contributed by atoms with Crippen LogP contribution in [0.3, 0.4) is 0 Å². The van der Waals surface area contributed by atoms with Crippen LogP contribution >= 0.6 is 0 Å². The molecule has 1 aliphatic carbocycles. The van der Waals surface area contributed by atoms with Crippen LogP contribution in [-0.2, 0) is 0 Å². The van der Waals surface area contributed by atoms with E-state index < -0.39 is 0 Å². The Morgan fingerprint density at radius 2 is 1.91 bits per heavy atom. The topological polar surface area (TPSA) is 12.0 Å². The Morgan fingerprint density at radius 3 is 2.36 bits per heavy atom. The number of piperidine rings is 1. The molecule has 1 spiro atoms. The molecule has 64 valence electrons. The van der Waals surface area contributed by atoms with Crippen LogP contribution in [0.15, 0.2) is 0 Å². The lowest BCUT2D eigenvalue weighted by atomic mass is 9.84. The Kier molecular flexibility index (Phi) is 1.54. The molecule has 1 unspecified atom stereocenters. The van der Waals surface area contributed by atoms with Crippen molar-refractivity contribution in [2.45, 2.75) is 39.5 Å². The monoisotopic (exact) mass is 153 g/mol. The third-order valence-electron chi connectivity index (χ3n) is 4.22. The van der Waals surface area contributed by atoms with Crippen molar-refractivity contribution in [3.8, 4) is 0 Å². The summed E-state index contributed by atoms with van der Waals surface area (Å²) < 4.78 is 0. The minimum atomic E-state index is 0.717. The summed E-state index contributed by atoms with van der Waals surface area (Å²) in [5, 5.41) is 3.44. The van der Waals surface area contributed by atoms with Gasteiger partial charge in [0, 0.05) is 0 Å². The zero-order valence-corrected chi connectivity index (χ0v) is 7.74. The van der Waals surface area contributed by atoms with Crippen molar-refractivity contribution in [2.24, 2.45) is 10.8 Å². The van der Waals surface area contributed by atoms with E-state index in [1.807, 2.05) is 0 Å². The van der Waals surface area contributed by atoms with E-state index in [0.717, 1.165) is 10.8 Å². The molecule has 0 aromatic carbocycles. The Morgan fingerprint density at radius 1 is 1.27 bits per heavy atom. The van der Waals surface area contributed by atoms with Crippen molar-refractivity contribution in [1.29, 1.82) is 0 Å². The van der Waals surface area contributed by atoms with E-state index >= 15 is 0 Å². The predicted molar refractivity (Wildman–Crippen MR) is 47.6 cm³/mol. The second kappa shape index (κ2) is 2.22. The molecular formula is C10H19N. The molecule has 0 bridgehead atoms. The van der Waals surface area contributed by atoms with E-state index in [1.54, 1.807) is 0 Å². The van der Waals surface area contributed by atoms with Crippen molar-refractivity contribution in [2.75, 3.05) is 13.1 Å². The summed E-state index contributed by atoms with van der Waals surface area (Å²) in [7, 11) is 0. The SMILES string of the molecule is CCC1(C)CC12CCNCC2. The van der Waals surface area contributed by atoms with Gasteiger partial charge in [-0.25, -0.2) is 0 Å². The van der Waals surface area contributed by atoms with E-state index in [4.69, 9.17) is 0 Å². The van der Waals surface area contributed by atoms with Crippen LogP contribution in [0.2, 0.25) is 0 Å².